The fourth-order valence-corrected chi connectivity index (χ4v) is 2.72. The molecule has 0 fully saturated rings. The molecule has 0 aliphatic carbocycles. The molecule has 23 heavy (non-hydrogen) atoms. The number of ether oxygens (including phenoxy) is 1. The van der Waals surface area contributed by atoms with Crippen molar-refractivity contribution >= 4 is 5.91 Å². The normalized spacial score (nSPS) is 15.1. The summed E-state index contributed by atoms with van der Waals surface area (Å²) in [5.74, 6) is 0.938. The molecule has 0 heterocycles. The summed E-state index contributed by atoms with van der Waals surface area (Å²) in [6.07, 6.45) is 0.979. The van der Waals surface area contributed by atoms with Crippen LogP contribution in [0.2, 0.25) is 0 Å². The summed E-state index contributed by atoms with van der Waals surface area (Å²) in [5.41, 5.74) is 7.17. The molecule has 0 bridgehead atoms. The van der Waals surface area contributed by atoms with Gasteiger partial charge in [0, 0.05) is 19.0 Å². The molecule has 1 aromatic rings. The molecule has 0 aliphatic heterocycles. The number of nitrogens with two attached hydrogens (primary N) is 1. The average Bonchev–Trinajstić information content (AvgIpc) is 2.53. The molecular formula is C18H30N2O3. The molecule has 0 saturated heterocycles. The minimum Gasteiger partial charge on any atom is -0.497 e. The fourth-order valence-electron chi connectivity index (χ4n) is 2.72. The smallest absolute Gasteiger partial charge is 0.222 e. The molecule has 4 N–H and O–H groups in total. The van der Waals surface area contributed by atoms with Crippen molar-refractivity contribution in [1.82, 2.24) is 5.32 Å². The highest BCUT2D eigenvalue weighted by molar-refractivity contribution is 5.78. The van der Waals surface area contributed by atoms with Crippen molar-refractivity contribution in [3.8, 4) is 5.75 Å². The van der Waals surface area contributed by atoms with Gasteiger partial charge < -0.3 is 20.9 Å². The lowest BCUT2D eigenvalue weighted by molar-refractivity contribution is -0.126. The number of hydrogen-bond donors (Lipinski definition) is 3. The van der Waals surface area contributed by atoms with Crippen molar-refractivity contribution in [3.05, 3.63) is 29.8 Å². The van der Waals surface area contributed by atoms with Crippen LogP contribution in [0, 0.1) is 11.8 Å². The summed E-state index contributed by atoms with van der Waals surface area (Å²) in [6.45, 7) is 4.14. The van der Waals surface area contributed by atoms with Crippen LogP contribution in [0.25, 0.3) is 0 Å². The topological polar surface area (TPSA) is 84.6 Å². The number of nitrogens with one attached hydrogen (secondary N) is 1. The fraction of sp³-hybridized carbons (Fsp3) is 0.611. The van der Waals surface area contributed by atoms with E-state index in [0.29, 0.717) is 18.8 Å². The van der Waals surface area contributed by atoms with Crippen LogP contribution in [0.1, 0.15) is 32.3 Å². The third-order valence-electron chi connectivity index (χ3n) is 4.02. The Morgan fingerprint density at radius 2 is 1.87 bits per heavy atom. The minimum atomic E-state index is -0.710. The van der Waals surface area contributed by atoms with Crippen LogP contribution < -0.4 is 15.8 Å². The van der Waals surface area contributed by atoms with E-state index in [-0.39, 0.29) is 11.8 Å². The highest BCUT2D eigenvalue weighted by Gasteiger charge is 2.25. The number of methoxy groups -OCH3 is 1. The summed E-state index contributed by atoms with van der Waals surface area (Å²) < 4.78 is 5.12. The van der Waals surface area contributed by atoms with Gasteiger partial charge >= 0.3 is 0 Å². The number of aliphatic hydroxyl groups excluding tert-OH is 1. The zero-order chi connectivity index (χ0) is 17.4. The van der Waals surface area contributed by atoms with Gasteiger partial charge in [-0.05, 0) is 42.9 Å². The molecular weight excluding hydrogens is 292 g/mol. The Labute approximate surface area is 139 Å². The second-order valence-electron chi connectivity index (χ2n) is 6.46. The quantitative estimate of drug-likeness (QED) is 0.646. The molecule has 0 spiro atoms. The van der Waals surface area contributed by atoms with Crippen LogP contribution in [0.4, 0.5) is 0 Å². The standard InChI is InChI=1S/C18H30N2O3/c1-12(2)9-14(18(22)20-3)11-17(21)16(19)10-13-5-7-15(23-4)8-6-13/h5-8,12,14,16-17,21H,9-11,19H2,1-4H3,(H,20,22)/t14-,16+,17+/m1/s1. The summed E-state index contributed by atoms with van der Waals surface area (Å²) in [7, 11) is 3.25. The van der Waals surface area contributed by atoms with E-state index in [2.05, 4.69) is 19.2 Å². The van der Waals surface area contributed by atoms with Gasteiger partial charge in [0.15, 0.2) is 0 Å². The average molecular weight is 322 g/mol. The second-order valence-corrected chi connectivity index (χ2v) is 6.46. The summed E-state index contributed by atoms with van der Waals surface area (Å²) in [5, 5.41) is 13.1. The van der Waals surface area contributed by atoms with Crippen LogP contribution in [0.5, 0.6) is 5.75 Å². The van der Waals surface area contributed by atoms with Gasteiger partial charge in [-0.3, -0.25) is 4.79 Å². The van der Waals surface area contributed by atoms with Gasteiger partial charge in [0.2, 0.25) is 5.91 Å². The Balaban J connectivity index is 2.62. The third kappa shape index (κ3) is 6.59. The Hall–Kier alpha value is -1.59. The van der Waals surface area contributed by atoms with E-state index in [9.17, 15) is 9.90 Å². The summed E-state index contributed by atoms with van der Waals surface area (Å²) >= 11 is 0. The Kier molecular flexibility index (Phi) is 8.06. The van der Waals surface area contributed by atoms with E-state index in [1.54, 1.807) is 14.2 Å². The molecule has 1 rings (SSSR count). The number of benzene rings is 1. The third-order valence-corrected chi connectivity index (χ3v) is 4.02. The molecule has 0 radical (unpaired) electrons. The molecule has 1 amide bonds. The van der Waals surface area contributed by atoms with Gasteiger partial charge in [0.25, 0.3) is 0 Å². The van der Waals surface area contributed by atoms with Crippen LogP contribution >= 0.6 is 0 Å². The first-order valence-electron chi connectivity index (χ1n) is 8.15. The first-order chi connectivity index (χ1) is 10.9. The van der Waals surface area contributed by atoms with Gasteiger partial charge in [-0.15, -0.1) is 0 Å². The maximum absolute atomic E-state index is 12.0. The highest BCUT2D eigenvalue weighted by atomic mass is 16.5. The maximum atomic E-state index is 12.0. The lowest BCUT2D eigenvalue weighted by atomic mass is 9.88. The van der Waals surface area contributed by atoms with E-state index >= 15 is 0 Å². The number of carbonyl (C=O) groups excluding carboxylic acids is 1. The lowest BCUT2D eigenvalue weighted by Gasteiger charge is -2.24. The molecule has 0 saturated carbocycles. The summed E-state index contributed by atoms with van der Waals surface area (Å²) in [4.78, 5) is 12.0. The molecule has 5 nitrogen and oxygen atoms in total. The predicted octanol–water partition coefficient (Wildman–Crippen LogP) is 1.72. The first-order valence-corrected chi connectivity index (χ1v) is 8.15. The van der Waals surface area contributed by atoms with E-state index in [4.69, 9.17) is 10.5 Å². The Morgan fingerprint density at radius 1 is 1.26 bits per heavy atom. The van der Waals surface area contributed by atoms with E-state index < -0.39 is 12.1 Å². The number of amides is 1. The minimum absolute atomic E-state index is 0.0330. The molecule has 3 atom stereocenters. The van der Waals surface area contributed by atoms with Crippen LogP contribution in [0.3, 0.4) is 0 Å². The van der Waals surface area contributed by atoms with Gasteiger partial charge in [-0.2, -0.15) is 0 Å². The first kappa shape index (κ1) is 19.5. The summed E-state index contributed by atoms with van der Waals surface area (Å²) in [6, 6.07) is 7.23. The predicted molar refractivity (Wildman–Crippen MR) is 92.3 cm³/mol. The van der Waals surface area contributed by atoms with E-state index in [0.717, 1.165) is 17.7 Å². The van der Waals surface area contributed by atoms with Crippen molar-refractivity contribution in [2.75, 3.05) is 14.2 Å². The molecule has 1 aromatic carbocycles. The zero-order valence-electron chi connectivity index (χ0n) is 14.6. The molecule has 130 valence electrons. The molecule has 0 aromatic heterocycles. The highest BCUT2D eigenvalue weighted by Crippen LogP contribution is 2.20. The van der Waals surface area contributed by atoms with Crippen LogP contribution in [-0.2, 0) is 11.2 Å². The van der Waals surface area contributed by atoms with Crippen molar-refractivity contribution in [1.29, 1.82) is 0 Å². The Morgan fingerprint density at radius 3 is 2.35 bits per heavy atom. The molecule has 5 heteroatoms. The monoisotopic (exact) mass is 322 g/mol. The zero-order valence-corrected chi connectivity index (χ0v) is 14.6. The number of hydrogen-bond acceptors (Lipinski definition) is 4. The van der Waals surface area contributed by atoms with E-state index in [1.165, 1.54) is 0 Å². The van der Waals surface area contributed by atoms with Crippen molar-refractivity contribution in [2.45, 2.75) is 45.3 Å². The van der Waals surface area contributed by atoms with Crippen molar-refractivity contribution in [3.63, 3.8) is 0 Å². The second kappa shape index (κ2) is 9.53. The molecule has 0 aliphatic rings. The van der Waals surface area contributed by atoms with Gasteiger partial charge in [0.05, 0.1) is 13.2 Å². The van der Waals surface area contributed by atoms with Crippen LogP contribution in [0.15, 0.2) is 24.3 Å². The number of rotatable bonds is 9. The van der Waals surface area contributed by atoms with Crippen molar-refractivity contribution < 1.29 is 14.6 Å². The maximum Gasteiger partial charge on any atom is 0.222 e. The van der Waals surface area contributed by atoms with Gasteiger partial charge in [-0.25, -0.2) is 0 Å². The van der Waals surface area contributed by atoms with Gasteiger partial charge in [-0.1, -0.05) is 26.0 Å². The number of aliphatic hydroxyl groups is 1. The SMILES string of the molecule is CNC(=O)[C@H](CC(C)C)C[C@H](O)[C@@H](N)Cc1ccc(OC)cc1. The molecule has 0 unspecified atom stereocenters. The Bertz CT molecular complexity index is 474. The number of carbonyl (C=O) groups is 1. The van der Waals surface area contributed by atoms with Crippen molar-refractivity contribution in [2.24, 2.45) is 17.6 Å². The largest absolute Gasteiger partial charge is 0.497 e. The van der Waals surface area contributed by atoms with Crippen LogP contribution in [-0.4, -0.2) is 37.3 Å². The lowest BCUT2D eigenvalue weighted by Crippen LogP contribution is -2.40. The van der Waals surface area contributed by atoms with E-state index in [1.807, 2.05) is 24.3 Å². The van der Waals surface area contributed by atoms with Gasteiger partial charge in [0.1, 0.15) is 5.75 Å².